The normalized spacial score (nSPS) is 20.5. The van der Waals surface area contributed by atoms with Crippen LogP contribution < -0.4 is 0 Å². The fourth-order valence-corrected chi connectivity index (χ4v) is 3.47. The van der Waals surface area contributed by atoms with Crippen LogP contribution in [0.1, 0.15) is 34.9 Å². The summed E-state index contributed by atoms with van der Waals surface area (Å²) in [5.74, 6) is -0.813. The van der Waals surface area contributed by atoms with Gasteiger partial charge in [0, 0.05) is 24.6 Å². The van der Waals surface area contributed by atoms with Gasteiger partial charge in [-0.2, -0.15) is 0 Å². The van der Waals surface area contributed by atoms with E-state index in [4.69, 9.17) is 4.52 Å². The van der Waals surface area contributed by atoms with E-state index in [1.807, 2.05) is 37.3 Å². The van der Waals surface area contributed by atoms with Crippen LogP contribution >= 0.6 is 0 Å². The van der Waals surface area contributed by atoms with Gasteiger partial charge in [-0.25, -0.2) is 0 Å². The van der Waals surface area contributed by atoms with E-state index < -0.39 is 11.9 Å². The summed E-state index contributed by atoms with van der Waals surface area (Å²) < 4.78 is 5.12. The summed E-state index contributed by atoms with van der Waals surface area (Å²) in [5, 5.41) is 13.4. The Labute approximate surface area is 146 Å². The first kappa shape index (κ1) is 17.2. The largest absolute Gasteiger partial charge is 0.481 e. The molecule has 2 aromatic rings. The second-order valence-electron chi connectivity index (χ2n) is 6.66. The van der Waals surface area contributed by atoms with Crippen molar-refractivity contribution in [3.63, 3.8) is 0 Å². The van der Waals surface area contributed by atoms with Crippen LogP contribution in [0.4, 0.5) is 0 Å². The molecule has 6 heteroatoms. The van der Waals surface area contributed by atoms with E-state index in [1.165, 1.54) is 0 Å². The Balaban J connectivity index is 1.79. The van der Waals surface area contributed by atoms with Gasteiger partial charge in [0.2, 0.25) is 5.91 Å². The van der Waals surface area contributed by atoms with Crippen molar-refractivity contribution in [1.29, 1.82) is 0 Å². The second kappa shape index (κ2) is 7.09. The number of hydrogen-bond acceptors (Lipinski definition) is 4. The van der Waals surface area contributed by atoms with E-state index in [0.29, 0.717) is 24.4 Å². The van der Waals surface area contributed by atoms with Crippen LogP contribution in [0, 0.1) is 19.8 Å². The van der Waals surface area contributed by atoms with Gasteiger partial charge >= 0.3 is 5.97 Å². The molecule has 0 radical (unpaired) electrons. The number of rotatable bonds is 4. The molecule has 1 aromatic heterocycles. The van der Waals surface area contributed by atoms with E-state index in [9.17, 15) is 14.7 Å². The molecule has 1 fully saturated rings. The van der Waals surface area contributed by atoms with Crippen LogP contribution in [0.5, 0.6) is 0 Å². The first-order chi connectivity index (χ1) is 12.0. The zero-order valence-electron chi connectivity index (χ0n) is 14.4. The van der Waals surface area contributed by atoms with E-state index in [2.05, 4.69) is 5.16 Å². The number of carbonyl (C=O) groups is 2. The van der Waals surface area contributed by atoms with E-state index in [0.717, 1.165) is 11.1 Å². The van der Waals surface area contributed by atoms with Gasteiger partial charge in [0.25, 0.3) is 0 Å². The number of likely N-dealkylation sites (tertiary alicyclic amines) is 1. The third-order valence-electron chi connectivity index (χ3n) is 4.93. The van der Waals surface area contributed by atoms with Crippen molar-refractivity contribution >= 4 is 11.9 Å². The summed E-state index contributed by atoms with van der Waals surface area (Å²) in [7, 11) is 0. The molecule has 0 spiro atoms. The van der Waals surface area contributed by atoms with Gasteiger partial charge in [-0.3, -0.25) is 9.59 Å². The average molecular weight is 342 g/mol. The molecule has 25 heavy (non-hydrogen) atoms. The van der Waals surface area contributed by atoms with Crippen LogP contribution in [-0.2, 0) is 16.0 Å². The maximum atomic E-state index is 12.8. The number of carboxylic acids is 1. The summed E-state index contributed by atoms with van der Waals surface area (Å²) in [4.78, 5) is 26.0. The number of nitrogens with zero attached hydrogens (tertiary/aromatic N) is 2. The second-order valence-corrected chi connectivity index (χ2v) is 6.66. The van der Waals surface area contributed by atoms with Gasteiger partial charge in [-0.1, -0.05) is 35.5 Å². The van der Waals surface area contributed by atoms with Gasteiger partial charge in [0.05, 0.1) is 18.0 Å². The van der Waals surface area contributed by atoms with Crippen molar-refractivity contribution in [1.82, 2.24) is 10.1 Å². The van der Waals surface area contributed by atoms with Crippen LogP contribution in [0.3, 0.4) is 0 Å². The van der Waals surface area contributed by atoms with Crippen molar-refractivity contribution < 1.29 is 19.2 Å². The Morgan fingerprint density at radius 1 is 1.24 bits per heavy atom. The van der Waals surface area contributed by atoms with Crippen LogP contribution in [0.2, 0.25) is 0 Å². The number of carbonyl (C=O) groups excluding carboxylic acids is 1. The summed E-state index contributed by atoms with van der Waals surface area (Å²) in [6, 6.07) is 9.80. The maximum absolute atomic E-state index is 12.8. The molecule has 0 aliphatic carbocycles. The van der Waals surface area contributed by atoms with Crippen molar-refractivity contribution in [2.45, 2.75) is 32.6 Å². The summed E-state index contributed by atoms with van der Waals surface area (Å²) in [5.41, 5.74) is 2.57. The number of piperidine rings is 1. The molecule has 6 nitrogen and oxygen atoms in total. The van der Waals surface area contributed by atoms with E-state index in [1.54, 1.807) is 11.8 Å². The lowest BCUT2D eigenvalue weighted by Crippen LogP contribution is -2.46. The third-order valence-corrected chi connectivity index (χ3v) is 4.93. The van der Waals surface area contributed by atoms with Crippen molar-refractivity contribution in [3.05, 3.63) is 52.9 Å². The van der Waals surface area contributed by atoms with E-state index >= 15 is 0 Å². The number of aromatic nitrogens is 1. The van der Waals surface area contributed by atoms with Gasteiger partial charge in [-0.15, -0.1) is 0 Å². The topological polar surface area (TPSA) is 83.6 Å². The minimum absolute atomic E-state index is 0.0321. The number of aryl methyl sites for hydroxylation is 2. The first-order valence-corrected chi connectivity index (χ1v) is 8.43. The highest BCUT2D eigenvalue weighted by Gasteiger charge is 2.34. The molecule has 2 heterocycles. The minimum atomic E-state index is -0.851. The maximum Gasteiger partial charge on any atom is 0.308 e. The molecule has 1 saturated heterocycles. The Morgan fingerprint density at radius 2 is 1.96 bits per heavy atom. The molecule has 1 aromatic carbocycles. The Hall–Kier alpha value is -2.63. The highest BCUT2D eigenvalue weighted by molar-refractivity contribution is 5.80. The Morgan fingerprint density at radius 3 is 2.56 bits per heavy atom. The van der Waals surface area contributed by atoms with Crippen molar-refractivity contribution in [2.75, 3.05) is 13.1 Å². The standard InChI is InChI=1S/C19H22N2O4/c1-12-17(13(2)25-20-12)9-18(22)21-10-15(8-16(11-21)19(23)24)14-6-4-3-5-7-14/h3-7,15-16H,8-11H2,1-2H3,(H,23,24)/t15-,16-/m0/s1. The highest BCUT2D eigenvalue weighted by atomic mass is 16.5. The average Bonchev–Trinajstić information content (AvgIpc) is 2.94. The first-order valence-electron chi connectivity index (χ1n) is 8.43. The fourth-order valence-electron chi connectivity index (χ4n) is 3.47. The number of carboxylic acid groups (broad SMARTS) is 1. The lowest BCUT2D eigenvalue weighted by atomic mass is 9.84. The zero-order valence-corrected chi connectivity index (χ0v) is 14.4. The number of amides is 1. The van der Waals surface area contributed by atoms with Crippen molar-refractivity contribution in [2.24, 2.45) is 5.92 Å². The third kappa shape index (κ3) is 3.73. The lowest BCUT2D eigenvalue weighted by molar-refractivity contribution is -0.146. The zero-order chi connectivity index (χ0) is 18.0. The Bertz CT molecular complexity index is 749. The molecule has 0 unspecified atom stereocenters. The molecule has 3 rings (SSSR count). The summed E-state index contributed by atoms with van der Waals surface area (Å²) >= 11 is 0. The van der Waals surface area contributed by atoms with Gasteiger partial charge in [0.15, 0.2) is 0 Å². The molecule has 2 atom stereocenters. The highest BCUT2D eigenvalue weighted by Crippen LogP contribution is 2.31. The molecular formula is C19H22N2O4. The Kier molecular flexibility index (Phi) is 4.88. The number of hydrogen-bond donors (Lipinski definition) is 1. The number of aliphatic carboxylic acids is 1. The lowest BCUT2D eigenvalue weighted by Gasteiger charge is -2.36. The molecule has 1 aliphatic heterocycles. The quantitative estimate of drug-likeness (QED) is 0.923. The van der Waals surface area contributed by atoms with Crippen LogP contribution in [-0.4, -0.2) is 40.1 Å². The minimum Gasteiger partial charge on any atom is -0.481 e. The van der Waals surface area contributed by atoms with Crippen LogP contribution in [0.25, 0.3) is 0 Å². The molecule has 0 saturated carbocycles. The molecule has 1 N–H and O–H groups in total. The van der Waals surface area contributed by atoms with Gasteiger partial charge in [0.1, 0.15) is 5.76 Å². The van der Waals surface area contributed by atoms with Crippen LogP contribution in [0.15, 0.2) is 34.9 Å². The molecule has 0 bridgehead atoms. The summed E-state index contributed by atoms with van der Waals surface area (Å²) in [6.45, 7) is 4.38. The molecular weight excluding hydrogens is 320 g/mol. The van der Waals surface area contributed by atoms with Gasteiger partial charge in [-0.05, 0) is 25.8 Å². The predicted octanol–water partition coefficient (Wildman–Crippen LogP) is 2.55. The fraction of sp³-hybridized carbons (Fsp3) is 0.421. The summed E-state index contributed by atoms with van der Waals surface area (Å²) in [6.07, 6.45) is 0.740. The SMILES string of the molecule is Cc1noc(C)c1CC(=O)N1C[C@@H](C(=O)O)C[C@H](c2ccccc2)C1. The predicted molar refractivity (Wildman–Crippen MR) is 91.2 cm³/mol. The molecule has 132 valence electrons. The molecule has 1 amide bonds. The van der Waals surface area contributed by atoms with Crippen molar-refractivity contribution in [3.8, 4) is 0 Å². The van der Waals surface area contributed by atoms with Gasteiger partial charge < -0.3 is 14.5 Å². The van der Waals surface area contributed by atoms with E-state index in [-0.39, 0.29) is 24.8 Å². The monoisotopic (exact) mass is 342 g/mol. The smallest absolute Gasteiger partial charge is 0.308 e. The molecule has 1 aliphatic rings. The number of benzene rings is 1.